The van der Waals surface area contributed by atoms with Crippen molar-refractivity contribution in [2.75, 3.05) is 38.7 Å². The van der Waals surface area contributed by atoms with Gasteiger partial charge in [0.1, 0.15) is 0 Å². The molecule has 1 atom stereocenters. The van der Waals surface area contributed by atoms with Crippen LogP contribution in [0.25, 0.3) is 0 Å². The predicted octanol–water partition coefficient (Wildman–Crippen LogP) is 3.15. The van der Waals surface area contributed by atoms with Crippen molar-refractivity contribution in [3.05, 3.63) is 29.8 Å². The molecule has 1 unspecified atom stereocenters. The molecule has 0 saturated heterocycles. The van der Waals surface area contributed by atoms with E-state index in [4.69, 9.17) is 4.74 Å². The Morgan fingerprint density at radius 2 is 1.89 bits per heavy atom. The maximum atomic E-state index is 5.18. The number of hydrogen-bond acceptors (Lipinski definition) is 3. The van der Waals surface area contributed by atoms with Gasteiger partial charge in [-0.1, -0.05) is 24.6 Å². The summed E-state index contributed by atoms with van der Waals surface area (Å²) in [5, 5.41) is 3.48. The van der Waals surface area contributed by atoms with Crippen molar-refractivity contribution in [3.8, 4) is 0 Å². The lowest BCUT2D eigenvalue weighted by Crippen LogP contribution is -2.38. The van der Waals surface area contributed by atoms with Gasteiger partial charge in [-0.2, -0.15) is 0 Å². The van der Waals surface area contributed by atoms with Gasteiger partial charge in [0.05, 0.1) is 6.61 Å². The zero-order valence-electron chi connectivity index (χ0n) is 12.8. The minimum Gasteiger partial charge on any atom is -0.384 e. The Morgan fingerprint density at radius 3 is 2.47 bits per heavy atom. The zero-order valence-corrected chi connectivity index (χ0v) is 12.8. The predicted molar refractivity (Wildman–Crippen MR) is 82.9 cm³/mol. The van der Waals surface area contributed by atoms with Crippen LogP contribution in [0, 0.1) is 6.92 Å². The van der Waals surface area contributed by atoms with Crippen molar-refractivity contribution in [1.82, 2.24) is 4.90 Å². The Hall–Kier alpha value is -1.06. The number of hydrogen-bond donors (Lipinski definition) is 1. The summed E-state index contributed by atoms with van der Waals surface area (Å²) in [6.07, 6.45) is 1.17. The van der Waals surface area contributed by atoms with Gasteiger partial charge in [0.2, 0.25) is 0 Å². The third kappa shape index (κ3) is 6.08. The van der Waals surface area contributed by atoms with Crippen LogP contribution in [-0.2, 0) is 4.74 Å². The Labute approximate surface area is 118 Å². The Kier molecular flexibility index (Phi) is 7.53. The third-order valence-electron chi connectivity index (χ3n) is 3.58. The van der Waals surface area contributed by atoms with Gasteiger partial charge in [0.25, 0.3) is 0 Å². The van der Waals surface area contributed by atoms with E-state index in [0.29, 0.717) is 6.04 Å². The highest BCUT2D eigenvalue weighted by Gasteiger charge is 2.10. The van der Waals surface area contributed by atoms with E-state index >= 15 is 0 Å². The highest BCUT2D eigenvalue weighted by atomic mass is 16.5. The molecule has 0 aromatic heterocycles. The molecule has 0 bridgehead atoms. The largest absolute Gasteiger partial charge is 0.384 e. The summed E-state index contributed by atoms with van der Waals surface area (Å²) >= 11 is 0. The molecular weight excluding hydrogens is 236 g/mol. The van der Waals surface area contributed by atoms with Crippen LogP contribution in [-0.4, -0.2) is 44.3 Å². The first-order chi connectivity index (χ1) is 9.17. The number of aryl methyl sites for hydroxylation is 1. The first-order valence-electron chi connectivity index (χ1n) is 7.21. The molecule has 0 aliphatic rings. The van der Waals surface area contributed by atoms with Crippen molar-refractivity contribution < 1.29 is 4.74 Å². The van der Waals surface area contributed by atoms with E-state index in [-0.39, 0.29) is 0 Å². The topological polar surface area (TPSA) is 24.5 Å². The van der Waals surface area contributed by atoms with Gasteiger partial charge < -0.3 is 10.1 Å². The molecule has 0 heterocycles. The van der Waals surface area contributed by atoms with E-state index in [1.54, 1.807) is 7.11 Å². The first-order valence-corrected chi connectivity index (χ1v) is 7.21. The Balaban J connectivity index is 2.36. The monoisotopic (exact) mass is 264 g/mol. The second-order valence-electron chi connectivity index (χ2n) is 5.08. The maximum absolute atomic E-state index is 5.18. The molecule has 0 aliphatic carbocycles. The highest BCUT2D eigenvalue weighted by Crippen LogP contribution is 2.09. The lowest BCUT2D eigenvalue weighted by molar-refractivity contribution is 0.126. The molecule has 0 amide bonds. The van der Waals surface area contributed by atoms with E-state index in [1.165, 1.54) is 17.7 Å². The number of benzene rings is 1. The second kappa shape index (κ2) is 8.94. The van der Waals surface area contributed by atoms with Gasteiger partial charge in [0, 0.05) is 38.5 Å². The summed E-state index contributed by atoms with van der Waals surface area (Å²) in [5.41, 5.74) is 2.49. The molecule has 0 fully saturated rings. The van der Waals surface area contributed by atoms with Crippen LogP contribution >= 0.6 is 0 Å². The number of ether oxygens (including phenoxy) is 1. The molecule has 0 radical (unpaired) electrons. The lowest BCUT2D eigenvalue weighted by Gasteiger charge is -2.28. The van der Waals surface area contributed by atoms with Gasteiger partial charge >= 0.3 is 0 Å². The van der Waals surface area contributed by atoms with Crippen molar-refractivity contribution in [3.63, 3.8) is 0 Å². The molecule has 0 saturated carbocycles. The molecule has 19 heavy (non-hydrogen) atoms. The van der Waals surface area contributed by atoms with E-state index in [1.807, 2.05) is 0 Å². The molecule has 108 valence electrons. The molecule has 1 aromatic rings. The summed E-state index contributed by atoms with van der Waals surface area (Å²) in [4.78, 5) is 2.48. The van der Waals surface area contributed by atoms with E-state index in [2.05, 4.69) is 55.3 Å². The third-order valence-corrected chi connectivity index (χ3v) is 3.58. The SMILES string of the molecule is CCC(C)N(CCNc1ccc(C)cc1)CCOC. The van der Waals surface area contributed by atoms with Crippen LogP contribution in [0.1, 0.15) is 25.8 Å². The zero-order chi connectivity index (χ0) is 14.1. The Bertz CT molecular complexity index is 337. The van der Waals surface area contributed by atoms with Crippen molar-refractivity contribution in [2.24, 2.45) is 0 Å². The Morgan fingerprint density at radius 1 is 1.21 bits per heavy atom. The summed E-state index contributed by atoms with van der Waals surface area (Å²) < 4.78 is 5.18. The van der Waals surface area contributed by atoms with Gasteiger partial charge in [-0.3, -0.25) is 4.90 Å². The van der Waals surface area contributed by atoms with Crippen LogP contribution in [0.4, 0.5) is 5.69 Å². The summed E-state index contributed by atoms with van der Waals surface area (Å²) in [6.45, 7) is 10.4. The number of methoxy groups -OCH3 is 1. The standard InChI is InChI=1S/C16H28N2O/c1-5-15(3)18(12-13-19-4)11-10-17-16-8-6-14(2)7-9-16/h6-9,15,17H,5,10-13H2,1-4H3. The van der Waals surface area contributed by atoms with Gasteiger partial charge in [-0.25, -0.2) is 0 Å². The minimum absolute atomic E-state index is 0.606. The van der Waals surface area contributed by atoms with Crippen LogP contribution in [0.15, 0.2) is 24.3 Å². The molecule has 0 aliphatic heterocycles. The van der Waals surface area contributed by atoms with Crippen molar-refractivity contribution in [1.29, 1.82) is 0 Å². The highest BCUT2D eigenvalue weighted by molar-refractivity contribution is 5.44. The number of nitrogens with one attached hydrogen (secondary N) is 1. The number of anilines is 1. The van der Waals surface area contributed by atoms with Gasteiger partial charge in [-0.05, 0) is 32.4 Å². The average Bonchev–Trinajstić information content (AvgIpc) is 2.43. The van der Waals surface area contributed by atoms with Crippen LogP contribution in [0.2, 0.25) is 0 Å². The molecule has 3 heteroatoms. The maximum Gasteiger partial charge on any atom is 0.0589 e. The molecule has 1 aromatic carbocycles. The molecule has 1 N–H and O–H groups in total. The number of rotatable bonds is 9. The normalized spacial score (nSPS) is 12.7. The lowest BCUT2D eigenvalue weighted by atomic mass is 10.2. The van der Waals surface area contributed by atoms with Crippen LogP contribution < -0.4 is 5.32 Å². The summed E-state index contributed by atoms with van der Waals surface area (Å²) in [7, 11) is 1.76. The summed E-state index contributed by atoms with van der Waals surface area (Å²) in [6, 6.07) is 9.16. The fraction of sp³-hybridized carbons (Fsp3) is 0.625. The van der Waals surface area contributed by atoms with Crippen LogP contribution in [0.3, 0.4) is 0 Å². The fourth-order valence-electron chi connectivity index (χ4n) is 2.03. The molecule has 3 nitrogen and oxygen atoms in total. The van der Waals surface area contributed by atoms with Crippen molar-refractivity contribution >= 4 is 5.69 Å². The second-order valence-corrected chi connectivity index (χ2v) is 5.08. The van der Waals surface area contributed by atoms with E-state index in [0.717, 1.165) is 26.2 Å². The fourth-order valence-corrected chi connectivity index (χ4v) is 2.03. The average molecular weight is 264 g/mol. The first kappa shape index (κ1) is 16.0. The molecule has 1 rings (SSSR count). The summed E-state index contributed by atoms with van der Waals surface area (Å²) in [5.74, 6) is 0. The quantitative estimate of drug-likeness (QED) is 0.741. The van der Waals surface area contributed by atoms with E-state index < -0.39 is 0 Å². The van der Waals surface area contributed by atoms with E-state index in [9.17, 15) is 0 Å². The van der Waals surface area contributed by atoms with Gasteiger partial charge in [0.15, 0.2) is 0 Å². The molecular formula is C16H28N2O. The number of nitrogens with zero attached hydrogens (tertiary/aromatic N) is 1. The molecule has 0 spiro atoms. The van der Waals surface area contributed by atoms with Gasteiger partial charge in [-0.15, -0.1) is 0 Å². The smallest absolute Gasteiger partial charge is 0.0589 e. The van der Waals surface area contributed by atoms with Crippen LogP contribution in [0.5, 0.6) is 0 Å². The minimum atomic E-state index is 0.606. The van der Waals surface area contributed by atoms with Crippen molar-refractivity contribution in [2.45, 2.75) is 33.2 Å².